The van der Waals surface area contributed by atoms with Crippen LogP contribution in [0.15, 0.2) is 24.3 Å². The largest absolute Gasteiger partial charge is 0.367 e. The molecule has 0 saturated heterocycles. The highest BCUT2D eigenvalue weighted by molar-refractivity contribution is 5.82. The molecule has 1 unspecified atom stereocenters. The van der Waals surface area contributed by atoms with E-state index in [1.807, 2.05) is 6.07 Å². The molecule has 0 radical (unpaired) electrons. The maximum atomic E-state index is 10.7. The molecule has 17 heavy (non-hydrogen) atoms. The Morgan fingerprint density at radius 3 is 2.53 bits per heavy atom. The Morgan fingerprint density at radius 1 is 1.41 bits per heavy atom. The first-order valence-electron chi connectivity index (χ1n) is 4.72. The van der Waals surface area contributed by atoms with Crippen molar-refractivity contribution in [1.29, 1.82) is 10.5 Å². The predicted molar refractivity (Wildman–Crippen MR) is 57.7 cm³/mol. The number of nitrogens with two attached hydrogens (primary N) is 1. The van der Waals surface area contributed by atoms with Crippen molar-refractivity contribution in [2.75, 3.05) is 0 Å². The smallest absolute Gasteiger partial charge is 0.251 e. The minimum absolute atomic E-state index is 0.164. The molecule has 0 fully saturated rings. The lowest BCUT2D eigenvalue weighted by Crippen LogP contribution is -2.39. The molecular formula is C11H10N4O2. The van der Waals surface area contributed by atoms with E-state index in [0.717, 1.165) is 5.56 Å². The van der Waals surface area contributed by atoms with Crippen LogP contribution in [0.2, 0.25) is 0 Å². The second kappa shape index (κ2) is 6.23. The number of hydroxylamine groups is 1. The summed E-state index contributed by atoms with van der Waals surface area (Å²) in [4.78, 5) is 15.6. The highest BCUT2D eigenvalue weighted by Crippen LogP contribution is 2.04. The average molecular weight is 230 g/mol. The van der Waals surface area contributed by atoms with Gasteiger partial charge in [0.05, 0.1) is 24.3 Å². The molecule has 6 nitrogen and oxygen atoms in total. The van der Waals surface area contributed by atoms with Crippen LogP contribution in [0, 0.1) is 22.7 Å². The number of carbonyl (C=O) groups excluding carboxylic acids is 1. The SMILES string of the molecule is N#Cc1ccc(CONC(C#N)C(N)=O)cc1. The van der Waals surface area contributed by atoms with Crippen molar-refractivity contribution in [3.8, 4) is 12.1 Å². The average Bonchev–Trinajstić information content (AvgIpc) is 2.35. The van der Waals surface area contributed by atoms with Crippen molar-refractivity contribution in [1.82, 2.24) is 5.48 Å². The summed E-state index contributed by atoms with van der Waals surface area (Å²) in [5, 5.41) is 17.1. The number of nitriles is 2. The molecule has 0 spiro atoms. The first-order chi connectivity index (χ1) is 8.17. The van der Waals surface area contributed by atoms with Crippen molar-refractivity contribution in [2.24, 2.45) is 5.73 Å². The van der Waals surface area contributed by atoms with Crippen LogP contribution < -0.4 is 11.2 Å². The second-order valence-corrected chi connectivity index (χ2v) is 3.18. The number of carbonyl (C=O) groups is 1. The molecule has 0 bridgehead atoms. The summed E-state index contributed by atoms with van der Waals surface area (Å²) in [6, 6.07) is 9.19. The Balaban J connectivity index is 2.44. The summed E-state index contributed by atoms with van der Waals surface area (Å²) in [6.45, 7) is 0.164. The van der Waals surface area contributed by atoms with Crippen molar-refractivity contribution < 1.29 is 9.63 Å². The molecular weight excluding hydrogens is 220 g/mol. The monoisotopic (exact) mass is 230 g/mol. The number of nitrogens with zero attached hydrogens (tertiary/aromatic N) is 2. The van der Waals surface area contributed by atoms with Crippen LogP contribution in [-0.4, -0.2) is 11.9 Å². The fourth-order valence-electron chi connectivity index (χ4n) is 1.03. The third-order valence-corrected chi connectivity index (χ3v) is 1.94. The molecule has 3 N–H and O–H groups in total. The Bertz CT molecular complexity index is 470. The van der Waals surface area contributed by atoms with E-state index >= 15 is 0 Å². The minimum atomic E-state index is -1.17. The minimum Gasteiger partial charge on any atom is -0.367 e. The molecule has 86 valence electrons. The lowest BCUT2D eigenvalue weighted by Gasteiger charge is -2.08. The van der Waals surface area contributed by atoms with E-state index in [4.69, 9.17) is 21.1 Å². The third kappa shape index (κ3) is 3.92. The molecule has 1 rings (SSSR count). The van der Waals surface area contributed by atoms with Crippen LogP contribution in [0.5, 0.6) is 0 Å². The Kier molecular flexibility index (Phi) is 4.64. The molecule has 0 aliphatic carbocycles. The molecule has 0 aromatic heterocycles. The van der Waals surface area contributed by atoms with Gasteiger partial charge < -0.3 is 5.73 Å². The van der Waals surface area contributed by atoms with Crippen LogP contribution in [0.3, 0.4) is 0 Å². The van der Waals surface area contributed by atoms with Gasteiger partial charge in [0, 0.05) is 0 Å². The summed E-state index contributed by atoms with van der Waals surface area (Å²) in [7, 11) is 0. The first kappa shape index (κ1) is 12.7. The summed E-state index contributed by atoms with van der Waals surface area (Å²) in [5.74, 6) is -0.799. The van der Waals surface area contributed by atoms with Crippen molar-refractivity contribution >= 4 is 5.91 Å². The van der Waals surface area contributed by atoms with Gasteiger partial charge in [-0.25, -0.2) is 0 Å². The fraction of sp³-hybridized carbons (Fsp3) is 0.182. The maximum absolute atomic E-state index is 10.7. The van der Waals surface area contributed by atoms with Gasteiger partial charge in [-0.2, -0.15) is 16.0 Å². The van der Waals surface area contributed by atoms with Crippen LogP contribution in [-0.2, 0) is 16.2 Å². The summed E-state index contributed by atoms with van der Waals surface area (Å²) in [5.41, 5.74) is 8.52. The lowest BCUT2D eigenvalue weighted by molar-refractivity contribution is -0.122. The van der Waals surface area contributed by atoms with Gasteiger partial charge in [-0.05, 0) is 17.7 Å². The van der Waals surface area contributed by atoms with Crippen LogP contribution in [0.1, 0.15) is 11.1 Å². The second-order valence-electron chi connectivity index (χ2n) is 3.18. The van der Waals surface area contributed by atoms with Crippen molar-refractivity contribution in [3.05, 3.63) is 35.4 Å². The van der Waals surface area contributed by atoms with E-state index in [9.17, 15) is 4.79 Å². The molecule has 0 aliphatic heterocycles. The Hall–Kier alpha value is -2.41. The zero-order chi connectivity index (χ0) is 12.7. The predicted octanol–water partition coefficient (Wildman–Crippen LogP) is -0.0430. The van der Waals surface area contributed by atoms with Gasteiger partial charge in [0.1, 0.15) is 0 Å². The molecule has 1 aromatic rings. The number of primary amides is 1. The van der Waals surface area contributed by atoms with Gasteiger partial charge >= 0.3 is 0 Å². The molecule has 0 aliphatic rings. The van der Waals surface area contributed by atoms with Crippen molar-refractivity contribution in [3.63, 3.8) is 0 Å². The summed E-state index contributed by atoms with van der Waals surface area (Å²) >= 11 is 0. The standard InChI is InChI=1S/C11H10N4O2/c12-5-8-1-3-9(4-2-8)7-17-15-10(6-13)11(14)16/h1-4,10,15H,7H2,(H2,14,16). The fourth-order valence-corrected chi connectivity index (χ4v) is 1.03. The molecule has 1 aromatic carbocycles. The zero-order valence-electron chi connectivity index (χ0n) is 8.88. The number of hydrogen-bond acceptors (Lipinski definition) is 5. The first-order valence-corrected chi connectivity index (χ1v) is 4.72. The van der Waals surface area contributed by atoms with Gasteiger partial charge in [-0.15, -0.1) is 0 Å². The third-order valence-electron chi connectivity index (χ3n) is 1.94. The highest BCUT2D eigenvalue weighted by atomic mass is 16.6. The number of amides is 1. The van der Waals surface area contributed by atoms with Gasteiger partial charge in [-0.3, -0.25) is 9.63 Å². The van der Waals surface area contributed by atoms with Crippen LogP contribution in [0.4, 0.5) is 0 Å². The van der Waals surface area contributed by atoms with Gasteiger partial charge in [0.25, 0.3) is 5.91 Å². The molecule has 1 amide bonds. The summed E-state index contributed by atoms with van der Waals surface area (Å²) < 4.78 is 0. The number of hydrogen-bond donors (Lipinski definition) is 2. The zero-order valence-corrected chi connectivity index (χ0v) is 8.88. The van der Waals surface area contributed by atoms with Crippen LogP contribution >= 0.6 is 0 Å². The Labute approximate surface area is 98.2 Å². The maximum Gasteiger partial charge on any atom is 0.251 e. The topological polar surface area (TPSA) is 112 Å². The van der Waals surface area contributed by atoms with E-state index < -0.39 is 11.9 Å². The summed E-state index contributed by atoms with van der Waals surface area (Å²) in [6.07, 6.45) is 0. The van der Waals surface area contributed by atoms with E-state index in [0.29, 0.717) is 5.56 Å². The molecule has 1 atom stereocenters. The molecule has 0 heterocycles. The number of benzene rings is 1. The van der Waals surface area contributed by atoms with E-state index in [1.54, 1.807) is 30.3 Å². The normalized spacial score (nSPS) is 11.2. The van der Waals surface area contributed by atoms with Gasteiger partial charge in [0.2, 0.25) is 0 Å². The highest BCUT2D eigenvalue weighted by Gasteiger charge is 2.12. The number of rotatable bonds is 5. The molecule has 6 heteroatoms. The van der Waals surface area contributed by atoms with E-state index in [1.165, 1.54) is 0 Å². The number of nitrogens with one attached hydrogen (secondary N) is 1. The molecule has 0 saturated carbocycles. The van der Waals surface area contributed by atoms with E-state index in [2.05, 4.69) is 5.48 Å². The Morgan fingerprint density at radius 2 is 2.06 bits per heavy atom. The van der Waals surface area contributed by atoms with Crippen molar-refractivity contribution in [2.45, 2.75) is 12.6 Å². The quantitative estimate of drug-likeness (QED) is 0.689. The van der Waals surface area contributed by atoms with Crippen LogP contribution in [0.25, 0.3) is 0 Å². The van der Waals surface area contributed by atoms with Gasteiger partial charge in [-0.1, -0.05) is 12.1 Å². The van der Waals surface area contributed by atoms with E-state index in [-0.39, 0.29) is 6.61 Å². The lowest BCUT2D eigenvalue weighted by atomic mass is 10.2. The van der Waals surface area contributed by atoms with Gasteiger partial charge in [0.15, 0.2) is 6.04 Å².